The number of methoxy groups -OCH3 is 2. The van der Waals surface area contributed by atoms with Crippen LogP contribution in [0.25, 0.3) is 5.76 Å². The third-order valence-electron chi connectivity index (χ3n) is 5.31. The van der Waals surface area contributed by atoms with E-state index in [-0.39, 0.29) is 37.7 Å². The van der Waals surface area contributed by atoms with Crippen molar-refractivity contribution in [2.24, 2.45) is 0 Å². The third-order valence-corrected chi connectivity index (χ3v) is 5.31. The first-order valence-corrected chi connectivity index (χ1v) is 10.2. The Hall–Kier alpha value is -3.36. The van der Waals surface area contributed by atoms with Crippen molar-refractivity contribution in [1.29, 1.82) is 0 Å². The van der Waals surface area contributed by atoms with Gasteiger partial charge in [0.05, 0.1) is 45.7 Å². The molecule has 0 aliphatic carbocycles. The molecule has 8 heteroatoms. The number of aliphatic hydroxyl groups is 2. The molecule has 0 saturated carbocycles. The first-order valence-electron chi connectivity index (χ1n) is 10.2. The Bertz CT molecular complexity index is 1010. The zero-order valence-corrected chi connectivity index (χ0v) is 18.3. The minimum absolute atomic E-state index is 0.0347. The molecule has 0 aromatic heterocycles. The van der Waals surface area contributed by atoms with Gasteiger partial charge in [-0.05, 0) is 25.1 Å². The molecule has 1 unspecified atom stereocenters. The van der Waals surface area contributed by atoms with Crippen LogP contribution in [0.5, 0.6) is 11.5 Å². The van der Waals surface area contributed by atoms with E-state index in [9.17, 15) is 14.7 Å². The van der Waals surface area contributed by atoms with Crippen LogP contribution in [0.3, 0.4) is 0 Å². The van der Waals surface area contributed by atoms with Crippen LogP contribution in [0.15, 0.2) is 48.0 Å². The molecule has 2 aromatic rings. The van der Waals surface area contributed by atoms with E-state index in [2.05, 4.69) is 0 Å². The molecular formula is C24H27NO7. The Morgan fingerprint density at radius 2 is 1.75 bits per heavy atom. The molecule has 1 heterocycles. The number of aryl methyl sites for hydroxylation is 1. The fourth-order valence-electron chi connectivity index (χ4n) is 3.68. The lowest BCUT2D eigenvalue weighted by Gasteiger charge is -2.26. The number of nitrogens with zero attached hydrogens (tertiary/aromatic N) is 1. The summed E-state index contributed by atoms with van der Waals surface area (Å²) in [5, 5.41) is 20.0. The van der Waals surface area contributed by atoms with Crippen molar-refractivity contribution < 1.29 is 34.0 Å². The van der Waals surface area contributed by atoms with Gasteiger partial charge in [0.15, 0.2) is 0 Å². The van der Waals surface area contributed by atoms with Gasteiger partial charge in [-0.15, -0.1) is 0 Å². The second-order valence-corrected chi connectivity index (χ2v) is 7.30. The number of rotatable bonds is 9. The smallest absolute Gasteiger partial charge is 0.295 e. The fourth-order valence-corrected chi connectivity index (χ4v) is 3.68. The Morgan fingerprint density at radius 1 is 1.03 bits per heavy atom. The Labute approximate surface area is 186 Å². The highest BCUT2D eigenvalue weighted by Gasteiger charge is 2.47. The molecule has 0 bridgehead atoms. The molecule has 1 atom stereocenters. The number of carbonyl (C=O) groups excluding carboxylic acids is 2. The summed E-state index contributed by atoms with van der Waals surface area (Å²) in [6.07, 6.45) is 0. The minimum Gasteiger partial charge on any atom is -0.507 e. The summed E-state index contributed by atoms with van der Waals surface area (Å²) in [4.78, 5) is 27.4. The van der Waals surface area contributed by atoms with Crippen LogP contribution in [-0.4, -0.2) is 67.4 Å². The Morgan fingerprint density at radius 3 is 2.38 bits per heavy atom. The summed E-state index contributed by atoms with van der Waals surface area (Å²) in [5.41, 5.74) is 1.89. The number of Topliss-reactive ketones (excluding diaryl/α,β-unsaturated/α-hetero) is 1. The van der Waals surface area contributed by atoms with E-state index in [0.29, 0.717) is 22.6 Å². The van der Waals surface area contributed by atoms with Crippen LogP contribution >= 0.6 is 0 Å². The maximum atomic E-state index is 13.1. The number of hydrogen-bond donors (Lipinski definition) is 2. The first kappa shape index (κ1) is 23.3. The number of likely N-dealkylation sites (tertiary alicyclic amines) is 1. The highest BCUT2D eigenvalue weighted by Crippen LogP contribution is 2.43. The zero-order valence-electron chi connectivity index (χ0n) is 18.3. The van der Waals surface area contributed by atoms with Gasteiger partial charge in [0.25, 0.3) is 11.7 Å². The average Bonchev–Trinajstić information content (AvgIpc) is 3.06. The van der Waals surface area contributed by atoms with Gasteiger partial charge >= 0.3 is 0 Å². The van der Waals surface area contributed by atoms with Crippen molar-refractivity contribution >= 4 is 17.4 Å². The maximum Gasteiger partial charge on any atom is 0.295 e. The molecule has 32 heavy (non-hydrogen) atoms. The largest absolute Gasteiger partial charge is 0.507 e. The minimum atomic E-state index is -0.904. The van der Waals surface area contributed by atoms with Crippen LogP contribution < -0.4 is 9.47 Å². The topological polar surface area (TPSA) is 106 Å². The Balaban J connectivity index is 2.16. The fraction of sp³-hybridized carbons (Fsp3) is 0.333. The van der Waals surface area contributed by atoms with Gasteiger partial charge in [0.2, 0.25) is 0 Å². The number of amides is 1. The van der Waals surface area contributed by atoms with Crippen molar-refractivity contribution in [3.8, 4) is 11.5 Å². The van der Waals surface area contributed by atoms with E-state index in [1.165, 1.54) is 19.1 Å². The quantitative estimate of drug-likeness (QED) is 0.266. The molecule has 1 saturated heterocycles. The highest BCUT2D eigenvalue weighted by molar-refractivity contribution is 6.46. The SMILES string of the molecule is COc1ccc(OC)c(C2C(=C(O)c3ccc(C)cc3)C(=O)C(=O)N2CCOCCO)c1. The molecule has 3 rings (SSSR count). The maximum absolute atomic E-state index is 13.1. The summed E-state index contributed by atoms with van der Waals surface area (Å²) in [7, 11) is 3.00. The van der Waals surface area contributed by atoms with Crippen LogP contribution in [-0.2, 0) is 14.3 Å². The lowest BCUT2D eigenvalue weighted by atomic mass is 9.94. The Kier molecular flexibility index (Phi) is 7.50. The van der Waals surface area contributed by atoms with Crippen molar-refractivity contribution in [1.82, 2.24) is 4.90 Å². The second-order valence-electron chi connectivity index (χ2n) is 7.30. The zero-order chi connectivity index (χ0) is 23.3. The van der Waals surface area contributed by atoms with Crippen molar-refractivity contribution in [3.05, 3.63) is 64.7 Å². The predicted molar refractivity (Wildman–Crippen MR) is 118 cm³/mol. The van der Waals surface area contributed by atoms with Gasteiger partial charge < -0.3 is 29.3 Å². The average molecular weight is 441 g/mol. The van der Waals surface area contributed by atoms with Crippen molar-refractivity contribution in [2.45, 2.75) is 13.0 Å². The van der Waals surface area contributed by atoms with Gasteiger partial charge in [-0.2, -0.15) is 0 Å². The molecule has 1 aliphatic heterocycles. The monoisotopic (exact) mass is 441 g/mol. The van der Waals surface area contributed by atoms with E-state index in [1.54, 1.807) is 30.3 Å². The number of ether oxygens (including phenoxy) is 3. The van der Waals surface area contributed by atoms with E-state index >= 15 is 0 Å². The molecule has 2 N–H and O–H groups in total. The molecule has 1 aliphatic rings. The predicted octanol–water partition coefficient (Wildman–Crippen LogP) is 2.44. The van der Waals surface area contributed by atoms with Gasteiger partial charge in [0, 0.05) is 17.7 Å². The highest BCUT2D eigenvalue weighted by atomic mass is 16.5. The second kappa shape index (κ2) is 10.3. The molecule has 170 valence electrons. The number of aliphatic hydroxyl groups excluding tert-OH is 2. The molecule has 0 spiro atoms. The summed E-state index contributed by atoms with van der Waals surface area (Å²) < 4.78 is 16.1. The number of ketones is 1. The molecule has 8 nitrogen and oxygen atoms in total. The lowest BCUT2D eigenvalue weighted by molar-refractivity contribution is -0.140. The standard InChI is InChI=1S/C24H27NO7/c1-15-4-6-16(7-5-15)22(27)20-21(18-14-17(30-2)8-9-19(18)31-3)25(24(29)23(20)28)10-12-32-13-11-26/h4-9,14,21,26-27H,10-13H2,1-3H3. The van der Waals surface area contributed by atoms with E-state index in [4.69, 9.17) is 19.3 Å². The van der Waals surface area contributed by atoms with Crippen LogP contribution in [0.1, 0.15) is 22.7 Å². The van der Waals surface area contributed by atoms with E-state index in [0.717, 1.165) is 5.56 Å². The molecule has 1 fully saturated rings. The number of hydrogen-bond acceptors (Lipinski definition) is 7. The summed E-state index contributed by atoms with van der Waals surface area (Å²) in [5.74, 6) is -0.856. The number of benzene rings is 2. The molecule has 2 aromatic carbocycles. The number of carbonyl (C=O) groups is 2. The van der Waals surface area contributed by atoms with Crippen molar-refractivity contribution in [3.63, 3.8) is 0 Å². The van der Waals surface area contributed by atoms with Gasteiger partial charge in [0.1, 0.15) is 17.3 Å². The van der Waals surface area contributed by atoms with Crippen LogP contribution in [0, 0.1) is 6.92 Å². The summed E-state index contributed by atoms with van der Waals surface area (Å²) in [6, 6.07) is 11.2. The summed E-state index contributed by atoms with van der Waals surface area (Å²) in [6.45, 7) is 2.07. The normalized spacial score (nSPS) is 17.6. The first-order chi connectivity index (χ1) is 15.4. The van der Waals surface area contributed by atoms with E-state index < -0.39 is 17.7 Å². The summed E-state index contributed by atoms with van der Waals surface area (Å²) >= 11 is 0. The van der Waals surface area contributed by atoms with Crippen LogP contribution in [0.4, 0.5) is 0 Å². The third kappa shape index (κ3) is 4.61. The van der Waals surface area contributed by atoms with E-state index in [1.807, 2.05) is 19.1 Å². The van der Waals surface area contributed by atoms with Gasteiger partial charge in [-0.25, -0.2) is 0 Å². The lowest BCUT2D eigenvalue weighted by Crippen LogP contribution is -2.33. The van der Waals surface area contributed by atoms with Gasteiger partial charge in [-0.3, -0.25) is 9.59 Å². The molecule has 1 amide bonds. The molecular weight excluding hydrogens is 414 g/mol. The van der Waals surface area contributed by atoms with Gasteiger partial charge in [-0.1, -0.05) is 29.8 Å². The van der Waals surface area contributed by atoms with Crippen LogP contribution in [0.2, 0.25) is 0 Å². The van der Waals surface area contributed by atoms with Crippen molar-refractivity contribution in [2.75, 3.05) is 40.6 Å². The molecule has 0 radical (unpaired) electrons.